The lowest BCUT2D eigenvalue weighted by Gasteiger charge is -2.65. The standard InChI is InChI=1S/C22H28N2O4.ClH/c1-24(12-13-2-3-13)9-8-21-11-15(25)6-7-22(21,28)17(24)10-14-4-5-16(20(23)27)19(26)18(14)21;/h4-5,13,17,28H,2-3,6-12H2,1H3,(H2-,23,26,27);1H/t17-,21-,22?,24?;/m1./s1. The molecule has 2 saturated carbocycles. The number of aromatic hydroxyl groups is 1. The Morgan fingerprint density at radius 2 is 2.03 bits per heavy atom. The Hall–Kier alpha value is -1.63. The molecule has 0 spiro atoms. The van der Waals surface area contributed by atoms with Gasteiger partial charge in [0, 0.05) is 42.6 Å². The quantitative estimate of drug-likeness (QED) is 0.513. The second-order valence-electron chi connectivity index (χ2n) is 9.88. The number of phenols is 1. The Morgan fingerprint density at radius 1 is 1.31 bits per heavy atom. The molecular formula is C22H29ClN2O4. The highest BCUT2D eigenvalue weighted by molar-refractivity contribution is 5.96. The minimum absolute atomic E-state index is 0. The molecule has 3 fully saturated rings. The van der Waals surface area contributed by atoms with Gasteiger partial charge in [0.2, 0.25) is 0 Å². The number of hydrogen-bond acceptors (Lipinski definition) is 4. The average molecular weight is 421 g/mol. The molecule has 3 aliphatic carbocycles. The van der Waals surface area contributed by atoms with Crippen LogP contribution in [0.3, 0.4) is 0 Å². The van der Waals surface area contributed by atoms with Gasteiger partial charge >= 0.3 is 0 Å². The van der Waals surface area contributed by atoms with Gasteiger partial charge in [0.1, 0.15) is 23.2 Å². The third-order valence-electron chi connectivity index (χ3n) is 8.26. The summed E-state index contributed by atoms with van der Waals surface area (Å²) in [5.74, 6) is 0.0429. The first-order valence-electron chi connectivity index (χ1n) is 10.4. The average Bonchev–Trinajstić information content (AvgIpc) is 3.43. The highest BCUT2D eigenvalue weighted by Gasteiger charge is 2.70. The van der Waals surface area contributed by atoms with E-state index in [0.717, 1.165) is 29.1 Å². The Balaban J connectivity index is 0.00000205. The first-order valence-corrected chi connectivity index (χ1v) is 10.4. The van der Waals surface area contributed by atoms with Crippen molar-refractivity contribution >= 4 is 11.7 Å². The van der Waals surface area contributed by atoms with E-state index in [1.165, 1.54) is 12.8 Å². The predicted octanol–water partition coefficient (Wildman–Crippen LogP) is -1.60. The van der Waals surface area contributed by atoms with Crippen LogP contribution < -0.4 is 18.1 Å². The molecule has 1 heterocycles. The van der Waals surface area contributed by atoms with Gasteiger partial charge in [-0.1, -0.05) is 6.07 Å². The number of primary amides is 1. The molecular weight excluding hydrogens is 392 g/mol. The molecule has 4 aliphatic rings. The lowest BCUT2D eigenvalue weighted by atomic mass is 9.48. The van der Waals surface area contributed by atoms with Gasteiger partial charge in [-0.3, -0.25) is 9.59 Å². The Morgan fingerprint density at radius 3 is 2.69 bits per heavy atom. The summed E-state index contributed by atoms with van der Waals surface area (Å²) in [6.45, 7) is 1.94. The molecule has 1 amide bonds. The van der Waals surface area contributed by atoms with E-state index in [1.54, 1.807) is 6.07 Å². The molecule has 0 aromatic heterocycles. The molecule has 1 aromatic carbocycles. The number of hydrogen-bond donors (Lipinski definition) is 3. The van der Waals surface area contributed by atoms with Gasteiger partial charge in [-0.25, -0.2) is 0 Å². The van der Waals surface area contributed by atoms with E-state index in [4.69, 9.17) is 5.73 Å². The Bertz CT molecular complexity index is 901. The molecule has 1 saturated heterocycles. The van der Waals surface area contributed by atoms with E-state index in [0.29, 0.717) is 31.2 Å². The number of benzene rings is 1. The van der Waals surface area contributed by atoms with Gasteiger partial charge in [-0.05, 0) is 30.9 Å². The predicted molar refractivity (Wildman–Crippen MR) is 103 cm³/mol. The summed E-state index contributed by atoms with van der Waals surface area (Å²) in [6.07, 6.45) is 4.85. The van der Waals surface area contributed by atoms with Crippen LogP contribution in [-0.4, -0.2) is 58.2 Å². The number of likely N-dealkylation sites (N-methyl/N-ethyl adjacent to an activating group) is 1. The highest BCUT2D eigenvalue weighted by Crippen LogP contribution is 2.61. The van der Waals surface area contributed by atoms with E-state index in [1.807, 2.05) is 6.07 Å². The third kappa shape index (κ3) is 2.69. The molecule has 2 unspecified atom stereocenters. The number of aliphatic hydroxyl groups is 1. The van der Waals surface area contributed by atoms with Crippen molar-refractivity contribution in [2.24, 2.45) is 11.7 Å². The van der Waals surface area contributed by atoms with Gasteiger partial charge in [-0.2, -0.15) is 0 Å². The number of ketones is 1. The lowest BCUT2D eigenvalue weighted by molar-refractivity contribution is -0.950. The molecule has 2 bridgehead atoms. The van der Waals surface area contributed by atoms with Gasteiger partial charge < -0.3 is 32.8 Å². The summed E-state index contributed by atoms with van der Waals surface area (Å²) >= 11 is 0. The molecule has 1 aliphatic heterocycles. The van der Waals surface area contributed by atoms with Crippen LogP contribution >= 0.6 is 0 Å². The maximum absolute atomic E-state index is 12.6. The minimum atomic E-state index is -1.05. The Labute approximate surface area is 177 Å². The van der Waals surface area contributed by atoms with E-state index >= 15 is 0 Å². The van der Waals surface area contributed by atoms with Gasteiger partial charge in [0.05, 0.1) is 25.7 Å². The van der Waals surface area contributed by atoms with E-state index in [-0.39, 0.29) is 42.0 Å². The Kier molecular flexibility index (Phi) is 4.58. The smallest absolute Gasteiger partial charge is 0.252 e. The largest absolute Gasteiger partial charge is 1.00 e. The van der Waals surface area contributed by atoms with Gasteiger partial charge in [0.15, 0.2) is 0 Å². The molecule has 4 N–H and O–H groups in total. The number of fused-ring (bicyclic) bond motifs is 1. The minimum Gasteiger partial charge on any atom is -1.00 e. The number of likely N-dealkylation sites (tertiary alicyclic amines) is 1. The topological polar surface area (TPSA) is 101 Å². The molecule has 6 nitrogen and oxygen atoms in total. The second kappa shape index (κ2) is 6.43. The van der Waals surface area contributed by atoms with Crippen LogP contribution in [0.1, 0.15) is 60.0 Å². The summed E-state index contributed by atoms with van der Waals surface area (Å²) < 4.78 is 0.828. The fraction of sp³-hybridized carbons (Fsp3) is 0.636. The van der Waals surface area contributed by atoms with E-state index in [2.05, 4.69) is 7.05 Å². The number of halogens is 1. The molecule has 158 valence electrons. The fourth-order valence-electron chi connectivity index (χ4n) is 6.73. The maximum Gasteiger partial charge on any atom is 0.252 e. The van der Waals surface area contributed by atoms with Gasteiger partial charge in [-0.15, -0.1) is 0 Å². The molecule has 1 aromatic rings. The van der Waals surface area contributed by atoms with Crippen LogP contribution in [-0.2, 0) is 16.6 Å². The number of nitrogens with zero attached hydrogens (tertiary/aromatic N) is 1. The normalized spacial score (nSPS) is 37.9. The number of amides is 1. The first-order chi connectivity index (χ1) is 13.2. The second-order valence-corrected chi connectivity index (χ2v) is 9.88. The SMILES string of the molecule is C[N+]1(CC2CC2)CC[C@]23CC(=O)CCC2(O)[C@H]1Cc1ccc(C(N)=O)c(O)c13.[Cl-]. The summed E-state index contributed by atoms with van der Waals surface area (Å²) in [4.78, 5) is 24.4. The molecule has 4 atom stereocenters. The summed E-state index contributed by atoms with van der Waals surface area (Å²) in [7, 11) is 2.25. The van der Waals surface area contributed by atoms with Crippen molar-refractivity contribution in [3.63, 3.8) is 0 Å². The van der Waals surface area contributed by atoms with Crippen molar-refractivity contribution in [2.45, 2.75) is 62.0 Å². The van der Waals surface area contributed by atoms with Crippen LogP contribution in [0, 0.1) is 5.92 Å². The number of nitrogens with two attached hydrogens (primary N) is 1. The maximum atomic E-state index is 12.6. The summed E-state index contributed by atoms with van der Waals surface area (Å²) in [5.41, 5.74) is 5.23. The van der Waals surface area contributed by atoms with Gasteiger partial charge in [0.25, 0.3) is 5.91 Å². The molecule has 29 heavy (non-hydrogen) atoms. The number of carbonyl (C=O) groups is 2. The zero-order valence-electron chi connectivity index (χ0n) is 16.8. The van der Waals surface area contributed by atoms with Crippen LogP contribution in [0.4, 0.5) is 0 Å². The molecule has 0 radical (unpaired) electrons. The number of piperidine rings is 1. The van der Waals surface area contributed by atoms with Crippen molar-refractivity contribution in [3.8, 4) is 5.75 Å². The number of rotatable bonds is 3. The monoisotopic (exact) mass is 420 g/mol. The van der Waals surface area contributed by atoms with Crippen LogP contribution in [0.2, 0.25) is 0 Å². The van der Waals surface area contributed by atoms with Crippen LogP contribution in [0.15, 0.2) is 12.1 Å². The van der Waals surface area contributed by atoms with Crippen molar-refractivity contribution < 1.29 is 36.7 Å². The number of carbonyl (C=O) groups excluding carboxylic acids is 2. The van der Waals surface area contributed by atoms with E-state index < -0.39 is 16.9 Å². The van der Waals surface area contributed by atoms with Crippen molar-refractivity contribution in [2.75, 3.05) is 20.1 Å². The first kappa shape index (κ1) is 20.6. The zero-order chi connectivity index (χ0) is 19.9. The molecule has 5 rings (SSSR count). The molecule has 7 heteroatoms. The van der Waals surface area contributed by atoms with Crippen molar-refractivity contribution in [3.05, 3.63) is 28.8 Å². The van der Waals surface area contributed by atoms with E-state index in [9.17, 15) is 19.8 Å². The zero-order valence-corrected chi connectivity index (χ0v) is 17.5. The van der Waals surface area contributed by atoms with Crippen molar-refractivity contribution in [1.82, 2.24) is 0 Å². The van der Waals surface area contributed by atoms with Crippen LogP contribution in [0.25, 0.3) is 0 Å². The highest BCUT2D eigenvalue weighted by atomic mass is 35.5. The number of quaternary nitrogens is 1. The van der Waals surface area contributed by atoms with Crippen LogP contribution in [0.5, 0.6) is 5.75 Å². The summed E-state index contributed by atoms with van der Waals surface area (Å²) in [5, 5.41) is 23.2. The lowest BCUT2D eigenvalue weighted by Crippen LogP contribution is -3.00. The summed E-state index contributed by atoms with van der Waals surface area (Å²) in [6, 6.07) is 3.46. The third-order valence-corrected chi connectivity index (χ3v) is 8.26. The fourth-order valence-corrected chi connectivity index (χ4v) is 6.73. The number of Topliss-reactive ketones (excluding diaryl/α,β-unsaturated/α-hetero) is 1. The van der Waals surface area contributed by atoms with Crippen molar-refractivity contribution in [1.29, 1.82) is 0 Å².